The summed E-state index contributed by atoms with van der Waals surface area (Å²) in [4.78, 5) is 11.1. The lowest BCUT2D eigenvalue weighted by Gasteiger charge is -2.18. The Hall–Kier alpha value is -2.17. The molecule has 0 fully saturated rings. The van der Waals surface area contributed by atoms with Crippen LogP contribution in [0.3, 0.4) is 0 Å². The number of hydrogen-bond acceptors (Lipinski definition) is 3. The molecule has 0 spiro atoms. The van der Waals surface area contributed by atoms with E-state index in [1.165, 1.54) is 6.92 Å². The molecule has 0 bridgehead atoms. The molecule has 0 atom stereocenters. The van der Waals surface area contributed by atoms with E-state index < -0.39 is 34.8 Å². The molecule has 20 heavy (non-hydrogen) atoms. The van der Waals surface area contributed by atoms with Crippen molar-refractivity contribution in [1.82, 2.24) is 0 Å². The fourth-order valence-corrected chi connectivity index (χ4v) is 1.50. The molecule has 0 aliphatic rings. The summed E-state index contributed by atoms with van der Waals surface area (Å²) >= 11 is 0. The summed E-state index contributed by atoms with van der Waals surface area (Å²) < 4.78 is 69.5. The minimum Gasteiger partial charge on any atom is -0.461 e. The Labute approximate surface area is 110 Å². The summed E-state index contributed by atoms with van der Waals surface area (Å²) in [5.41, 5.74) is -4.15. The van der Waals surface area contributed by atoms with Gasteiger partial charge in [-0.1, -0.05) is 12.1 Å². The zero-order valence-electron chi connectivity index (χ0n) is 10.1. The number of carbonyl (C=O) groups excluding carboxylic acids is 1. The van der Waals surface area contributed by atoms with E-state index in [2.05, 4.69) is 4.74 Å². The third-order valence-electron chi connectivity index (χ3n) is 2.35. The Bertz CT molecular complexity index is 560. The summed E-state index contributed by atoms with van der Waals surface area (Å²) in [5.74, 6) is -6.33. The van der Waals surface area contributed by atoms with Crippen molar-refractivity contribution in [3.05, 3.63) is 34.9 Å². The first-order valence-corrected chi connectivity index (χ1v) is 5.32. The van der Waals surface area contributed by atoms with Crippen LogP contribution in [0.1, 0.15) is 23.6 Å². The standard InChI is InChI=1S/C12H8F5NO2/c1-2-20-10(19)11(13,14)8-4-3-5-9(7(8)6-18)12(15,16)17/h3-5H,2H2,1H3. The van der Waals surface area contributed by atoms with Crippen LogP contribution in [0.15, 0.2) is 18.2 Å². The second-order valence-corrected chi connectivity index (χ2v) is 3.63. The van der Waals surface area contributed by atoms with Crippen molar-refractivity contribution in [3.63, 3.8) is 0 Å². The fourth-order valence-electron chi connectivity index (χ4n) is 1.50. The van der Waals surface area contributed by atoms with Gasteiger partial charge < -0.3 is 4.74 Å². The van der Waals surface area contributed by atoms with Gasteiger partial charge in [-0.3, -0.25) is 0 Å². The number of hydrogen-bond donors (Lipinski definition) is 0. The maximum Gasteiger partial charge on any atom is 0.417 e. The highest BCUT2D eigenvalue weighted by atomic mass is 19.4. The predicted molar refractivity (Wildman–Crippen MR) is 56.7 cm³/mol. The van der Waals surface area contributed by atoms with Gasteiger partial charge in [-0.15, -0.1) is 0 Å². The van der Waals surface area contributed by atoms with Crippen molar-refractivity contribution in [2.45, 2.75) is 19.0 Å². The largest absolute Gasteiger partial charge is 0.461 e. The van der Waals surface area contributed by atoms with Gasteiger partial charge >= 0.3 is 18.1 Å². The highest BCUT2D eigenvalue weighted by molar-refractivity contribution is 5.80. The number of alkyl halides is 5. The molecule has 0 unspecified atom stereocenters. The number of halogens is 5. The normalized spacial score (nSPS) is 11.8. The lowest BCUT2D eigenvalue weighted by molar-refractivity contribution is -0.173. The van der Waals surface area contributed by atoms with Gasteiger partial charge in [-0.2, -0.15) is 27.2 Å². The van der Waals surface area contributed by atoms with Gasteiger partial charge in [0, 0.05) is 0 Å². The summed E-state index contributed by atoms with van der Waals surface area (Å²) in [7, 11) is 0. The van der Waals surface area contributed by atoms with Crippen LogP contribution in [0.4, 0.5) is 22.0 Å². The Kier molecular flexibility index (Phi) is 4.33. The summed E-state index contributed by atoms with van der Waals surface area (Å²) in [6, 6.07) is 2.84. The molecule has 0 amide bonds. The molecular weight excluding hydrogens is 285 g/mol. The Morgan fingerprint density at radius 2 is 1.80 bits per heavy atom. The number of nitriles is 1. The zero-order valence-corrected chi connectivity index (χ0v) is 10.1. The van der Waals surface area contributed by atoms with Gasteiger partial charge in [0.05, 0.1) is 23.3 Å². The van der Waals surface area contributed by atoms with Crippen molar-refractivity contribution in [3.8, 4) is 6.07 Å². The van der Waals surface area contributed by atoms with Crippen molar-refractivity contribution in [1.29, 1.82) is 5.26 Å². The summed E-state index contributed by atoms with van der Waals surface area (Å²) in [6.45, 7) is 0.903. The lowest BCUT2D eigenvalue weighted by atomic mass is 9.97. The molecule has 0 N–H and O–H groups in total. The van der Waals surface area contributed by atoms with E-state index in [1.807, 2.05) is 0 Å². The molecule has 3 nitrogen and oxygen atoms in total. The molecule has 0 aliphatic carbocycles. The average Bonchev–Trinajstić information content (AvgIpc) is 2.36. The maximum absolute atomic E-state index is 13.8. The minimum atomic E-state index is -4.98. The van der Waals surface area contributed by atoms with E-state index in [0.29, 0.717) is 18.2 Å². The summed E-state index contributed by atoms with van der Waals surface area (Å²) in [5, 5.41) is 8.70. The van der Waals surface area contributed by atoms with Crippen LogP contribution < -0.4 is 0 Å². The number of ether oxygens (including phenoxy) is 1. The van der Waals surface area contributed by atoms with E-state index >= 15 is 0 Å². The van der Waals surface area contributed by atoms with E-state index in [4.69, 9.17) is 5.26 Å². The van der Waals surface area contributed by atoms with E-state index in [-0.39, 0.29) is 6.61 Å². The van der Waals surface area contributed by atoms with Crippen LogP contribution in [0, 0.1) is 11.3 Å². The van der Waals surface area contributed by atoms with Crippen molar-refractivity contribution >= 4 is 5.97 Å². The Balaban J connectivity index is 3.48. The van der Waals surface area contributed by atoms with Crippen molar-refractivity contribution in [2.24, 2.45) is 0 Å². The molecule has 108 valence electrons. The number of rotatable bonds is 3. The quantitative estimate of drug-likeness (QED) is 0.635. The molecule has 0 aliphatic heterocycles. The van der Waals surface area contributed by atoms with Crippen molar-refractivity contribution in [2.75, 3.05) is 6.61 Å². The van der Waals surface area contributed by atoms with Crippen LogP contribution in [0.25, 0.3) is 0 Å². The average molecular weight is 293 g/mol. The van der Waals surface area contributed by atoms with Gasteiger partial charge in [0.15, 0.2) is 0 Å². The van der Waals surface area contributed by atoms with Crippen LogP contribution in [-0.4, -0.2) is 12.6 Å². The van der Waals surface area contributed by atoms with Crippen LogP contribution in [-0.2, 0) is 21.6 Å². The molecular formula is C12H8F5NO2. The van der Waals surface area contributed by atoms with Gasteiger partial charge in [-0.25, -0.2) is 4.79 Å². The smallest absolute Gasteiger partial charge is 0.417 e. The van der Waals surface area contributed by atoms with Crippen molar-refractivity contribution < 1.29 is 31.5 Å². The molecule has 1 rings (SSSR count). The molecule has 0 radical (unpaired) electrons. The molecule has 0 heterocycles. The lowest BCUT2D eigenvalue weighted by Crippen LogP contribution is -2.30. The zero-order chi connectivity index (χ0) is 15.6. The number of esters is 1. The fraction of sp³-hybridized carbons (Fsp3) is 0.333. The monoisotopic (exact) mass is 293 g/mol. The molecule has 0 aromatic heterocycles. The number of nitrogens with zero attached hydrogens (tertiary/aromatic N) is 1. The molecule has 1 aromatic carbocycles. The molecule has 0 saturated heterocycles. The third-order valence-corrected chi connectivity index (χ3v) is 2.35. The van der Waals surface area contributed by atoms with E-state index in [1.54, 1.807) is 0 Å². The third kappa shape index (κ3) is 2.87. The topological polar surface area (TPSA) is 50.1 Å². The molecule has 0 saturated carbocycles. The first kappa shape index (κ1) is 15.9. The molecule has 8 heteroatoms. The highest BCUT2D eigenvalue weighted by Gasteiger charge is 2.47. The second-order valence-electron chi connectivity index (χ2n) is 3.63. The first-order chi connectivity index (χ1) is 9.16. The number of benzene rings is 1. The van der Waals surface area contributed by atoms with Crippen LogP contribution in [0.2, 0.25) is 0 Å². The van der Waals surface area contributed by atoms with Gasteiger partial charge in [0.25, 0.3) is 0 Å². The summed E-state index contributed by atoms with van der Waals surface area (Å²) in [6.07, 6.45) is -4.98. The van der Waals surface area contributed by atoms with Gasteiger partial charge in [0.2, 0.25) is 0 Å². The van der Waals surface area contributed by atoms with Crippen LogP contribution >= 0.6 is 0 Å². The SMILES string of the molecule is CCOC(=O)C(F)(F)c1cccc(C(F)(F)F)c1C#N. The van der Waals surface area contributed by atoms with Gasteiger partial charge in [-0.05, 0) is 13.0 Å². The van der Waals surface area contributed by atoms with Gasteiger partial charge in [0.1, 0.15) is 6.07 Å². The predicted octanol–water partition coefficient (Wildman–Crippen LogP) is 3.23. The number of carbonyl (C=O) groups is 1. The van der Waals surface area contributed by atoms with Crippen LogP contribution in [0.5, 0.6) is 0 Å². The van der Waals surface area contributed by atoms with E-state index in [9.17, 15) is 26.7 Å². The Morgan fingerprint density at radius 3 is 2.25 bits per heavy atom. The van der Waals surface area contributed by atoms with E-state index in [0.717, 1.165) is 6.07 Å². The second kappa shape index (κ2) is 5.45. The highest BCUT2D eigenvalue weighted by Crippen LogP contribution is 2.38. The Morgan fingerprint density at radius 1 is 1.25 bits per heavy atom. The maximum atomic E-state index is 13.8. The molecule has 1 aromatic rings. The minimum absolute atomic E-state index is 0.366. The first-order valence-electron chi connectivity index (χ1n) is 5.32.